The fourth-order valence-electron chi connectivity index (χ4n) is 6.53. The van der Waals surface area contributed by atoms with E-state index >= 15 is 0 Å². The topological polar surface area (TPSA) is 203 Å². The molecule has 0 saturated carbocycles. The first-order valence-corrected chi connectivity index (χ1v) is 15.9. The fraction of sp³-hybridized carbons (Fsp3) is 0.353. The molecule has 47 heavy (non-hydrogen) atoms. The maximum absolute atomic E-state index is 13.9. The number of nitrogens with two attached hydrogens (primary N) is 1. The molecule has 13 heteroatoms. The Morgan fingerprint density at radius 1 is 1.02 bits per heavy atom. The molecular formula is C34H33NO11S. The van der Waals surface area contributed by atoms with Crippen molar-refractivity contribution in [2.24, 2.45) is 5.73 Å². The maximum atomic E-state index is 13.9. The van der Waals surface area contributed by atoms with Gasteiger partial charge in [0.25, 0.3) is 0 Å². The molecule has 0 bridgehead atoms. The number of aromatic hydroxyl groups is 2. The molecule has 0 radical (unpaired) electrons. The van der Waals surface area contributed by atoms with Crippen LogP contribution >= 0.6 is 11.8 Å². The molecular weight excluding hydrogens is 630 g/mol. The van der Waals surface area contributed by atoms with Gasteiger partial charge in [0, 0.05) is 47.6 Å². The van der Waals surface area contributed by atoms with Gasteiger partial charge in [0.1, 0.15) is 22.8 Å². The van der Waals surface area contributed by atoms with Gasteiger partial charge in [0.15, 0.2) is 17.9 Å². The monoisotopic (exact) mass is 663 g/mol. The average Bonchev–Trinajstić information content (AvgIpc) is 3.06. The van der Waals surface area contributed by atoms with E-state index in [1.165, 1.54) is 25.3 Å². The van der Waals surface area contributed by atoms with Crippen molar-refractivity contribution in [1.82, 2.24) is 0 Å². The third kappa shape index (κ3) is 5.62. The summed E-state index contributed by atoms with van der Waals surface area (Å²) >= 11 is 0.695. The van der Waals surface area contributed by atoms with Gasteiger partial charge in [-0.3, -0.25) is 19.2 Å². The first kappa shape index (κ1) is 32.8. The molecule has 0 amide bonds. The van der Waals surface area contributed by atoms with Crippen LogP contribution in [-0.2, 0) is 20.7 Å². The van der Waals surface area contributed by atoms with Crippen LogP contribution in [0.15, 0.2) is 48.5 Å². The van der Waals surface area contributed by atoms with Crippen LogP contribution in [-0.4, -0.2) is 85.9 Å². The number of Topliss-reactive ketones (excluding diaryl/α,β-unsaturated/α-hetero) is 1. The van der Waals surface area contributed by atoms with Gasteiger partial charge in [-0.2, -0.15) is 0 Å². The molecule has 0 unspecified atom stereocenters. The summed E-state index contributed by atoms with van der Waals surface area (Å²) in [7, 11) is 1.33. The molecule has 3 aliphatic rings. The van der Waals surface area contributed by atoms with Crippen molar-refractivity contribution in [1.29, 1.82) is 0 Å². The van der Waals surface area contributed by atoms with E-state index in [1.807, 2.05) is 0 Å². The summed E-state index contributed by atoms with van der Waals surface area (Å²) < 4.78 is 17.3. The standard InChI is InChI=1S/C34H33NO11S/c1-15-28(37)19(35)11-23(45-15)46-21-13-34(43,22(36)14-47-33(42)16-7-4-3-5-8-16)12-18-25(21)32(41)27-26(30(18)39)29(38)17-9-6-10-20(44-2)24(17)31(27)40/h3-10,15,19,21,23,28,37,39,41,43H,11-14,35H2,1-2H3/t15-,19-,21-,23+,28-,34+/m1/s1. The number of methoxy groups -OCH3 is 1. The van der Waals surface area contributed by atoms with Gasteiger partial charge in [-0.1, -0.05) is 54.2 Å². The normalized spacial score (nSPS) is 26.6. The Bertz CT molecular complexity index is 1780. The maximum Gasteiger partial charge on any atom is 0.219 e. The van der Waals surface area contributed by atoms with Gasteiger partial charge in [-0.05, 0) is 13.0 Å². The summed E-state index contributed by atoms with van der Waals surface area (Å²) in [5.41, 5.74) is 2.85. The van der Waals surface area contributed by atoms with Crippen molar-refractivity contribution in [3.8, 4) is 17.2 Å². The zero-order valence-corrected chi connectivity index (χ0v) is 26.3. The summed E-state index contributed by atoms with van der Waals surface area (Å²) in [5, 5.41) is 45.1. The fourth-order valence-corrected chi connectivity index (χ4v) is 7.36. The summed E-state index contributed by atoms with van der Waals surface area (Å²) in [4.78, 5) is 54.0. The molecule has 1 aliphatic heterocycles. The SMILES string of the molecule is COc1cccc2c1C(=O)c1c(O)c3c(c(O)c1C2=O)C[C@@](O)(C(=O)CSC(=O)c1ccccc1)C[C@H]3O[C@H]1C[C@@H](N)[C@H](O)[C@@H](C)O1. The van der Waals surface area contributed by atoms with E-state index in [4.69, 9.17) is 19.9 Å². The van der Waals surface area contributed by atoms with Crippen LogP contribution in [0.2, 0.25) is 0 Å². The Labute approximate surface area is 273 Å². The Kier molecular flexibility index (Phi) is 8.72. The molecule has 1 saturated heterocycles. The predicted octanol–water partition coefficient (Wildman–Crippen LogP) is 2.58. The van der Waals surface area contributed by atoms with Crippen molar-refractivity contribution >= 4 is 34.2 Å². The summed E-state index contributed by atoms with van der Waals surface area (Å²) in [5.74, 6) is -4.00. The first-order valence-electron chi connectivity index (χ1n) is 15.0. The van der Waals surface area contributed by atoms with E-state index in [9.17, 15) is 39.6 Å². The molecule has 1 fully saturated rings. The third-order valence-corrected chi connectivity index (χ3v) is 9.91. The number of ketones is 3. The second-order valence-electron chi connectivity index (χ2n) is 11.9. The molecule has 0 aromatic heterocycles. The van der Waals surface area contributed by atoms with E-state index in [1.54, 1.807) is 37.3 Å². The van der Waals surface area contributed by atoms with Crippen LogP contribution in [0, 0.1) is 0 Å². The number of phenols is 2. The second-order valence-corrected chi connectivity index (χ2v) is 12.9. The molecule has 3 aromatic rings. The van der Waals surface area contributed by atoms with Crippen molar-refractivity contribution < 1.29 is 53.8 Å². The molecule has 6 rings (SSSR count). The zero-order valence-electron chi connectivity index (χ0n) is 25.5. The second kappa shape index (κ2) is 12.5. The Morgan fingerprint density at radius 2 is 1.72 bits per heavy atom. The highest BCUT2D eigenvalue weighted by atomic mass is 32.2. The summed E-state index contributed by atoms with van der Waals surface area (Å²) in [6.07, 6.45) is -5.19. The zero-order chi connectivity index (χ0) is 33.8. The highest BCUT2D eigenvalue weighted by molar-refractivity contribution is 8.14. The lowest BCUT2D eigenvalue weighted by Gasteiger charge is -2.42. The van der Waals surface area contributed by atoms with Crippen molar-refractivity contribution in [3.05, 3.63) is 87.5 Å². The number of benzene rings is 3. The number of ether oxygens (including phenoxy) is 3. The highest BCUT2D eigenvalue weighted by Crippen LogP contribution is 2.52. The van der Waals surface area contributed by atoms with Crippen LogP contribution in [0.5, 0.6) is 17.2 Å². The Hall–Kier alpha value is -4.11. The number of aliphatic hydroxyl groups is 2. The summed E-state index contributed by atoms with van der Waals surface area (Å²) in [6.45, 7) is 1.59. The number of thioether (sulfide) groups is 1. The van der Waals surface area contributed by atoms with Crippen LogP contribution in [0.25, 0.3) is 0 Å². The van der Waals surface area contributed by atoms with E-state index in [-0.39, 0.29) is 34.4 Å². The molecule has 6 atom stereocenters. The number of phenolic OH excluding ortho intramolecular Hbond substituents is 2. The average molecular weight is 664 g/mol. The number of rotatable bonds is 7. The first-order chi connectivity index (χ1) is 22.4. The Balaban J connectivity index is 1.42. The molecule has 3 aromatic carbocycles. The highest BCUT2D eigenvalue weighted by Gasteiger charge is 2.50. The molecule has 12 nitrogen and oxygen atoms in total. The largest absolute Gasteiger partial charge is 0.507 e. The van der Waals surface area contributed by atoms with E-state index < -0.39 is 99.9 Å². The van der Waals surface area contributed by atoms with Gasteiger partial charge >= 0.3 is 0 Å². The smallest absolute Gasteiger partial charge is 0.219 e. The van der Waals surface area contributed by atoms with E-state index in [0.717, 1.165) is 0 Å². The number of carbonyl (C=O) groups excluding carboxylic acids is 4. The molecule has 6 N–H and O–H groups in total. The Morgan fingerprint density at radius 3 is 2.40 bits per heavy atom. The van der Waals surface area contributed by atoms with Crippen molar-refractivity contribution in [3.63, 3.8) is 0 Å². The lowest BCUT2D eigenvalue weighted by molar-refractivity contribution is -0.247. The molecule has 246 valence electrons. The van der Waals surface area contributed by atoms with Gasteiger partial charge < -0.3 is 40.4 Å². The molecule has 0 spiro atoms. The van der Waals surface area contributed by atoms with Gasteiger partial charge in [-0.25, -0.2) is 0 Å². The lowest BCUT2D eigenvalue weighted by Crippen LogP contribution is -2.53. The van der Waals surface area contributed by atoms with Crippen molar-refractivity contribution in [2.45, 2.75) is 62.4 Å². The van der Waals surface area contributed by atoms with Crippen LogP contribution in [0.4, 0.5) is 0 Å². The minimum atomic E-state index is -2.23. The predicted molar refractivity (Wildman–Crippen MR) is 168 cm³/mol. The minimum Gasteiger partial charge on any atom is -0.507 e. The number of hydrogen-bond donors (Lipinski definition) is 5. The minimum absolute atomic E-state index is 0.00478. The van der Waals surface area contributed by atoms with Gasteiger partial charge in [-0.15, -0.1) is 0 Å². The number of fused-ring (bicyclic) bond motifs is 3. The van der Waals surface area contributed by atoms with Crippen LogP contribution in [0.1, 0.15) is 79.2 Å². The molecule has 2 aliphatic carbocycles. The van der Waals surface area contributed by atoms with Crippen LogP contribution in [0.3, 0.4) is 0 Å². The van der Waals surface area contributed by atoms with E-state index in [0.29, 0.717) is 17.3 Å². The van der Waals surface area contributed by atoms with Crippen LogP contribution < -0.4 is 10.5 Å². The summed E-state index contributed by atoms with van der Waals surface area (Å²) in [6, 6.07) is 11.9. The van der Waals surface area contributed by atoms with Gasteiger partial charge in [0.05, 0.1) is 47.9 Å². The quantitative estimate of drug-likeness (QED) is 0.181. The van der Waals surface area contributed by atoms with Crippen molar-refractivity contribution in [2.75, 3.05) is 12.9 Å². The number of hydrogen-bond acceptors (Lipinski definition) is 13. The number of carbonyl (C=O) groups is 4. The lowest BCUT2D eigenvalue weighted by atomic mass is 9.72. The number of aliphatic hydroxyl groups excluding tert-OH is 1. The third-order valence-electron chi connectivity index (χ3n) is 9.01. The van der Waals surface area contributed by atoms with E-state index in [2.05, 4.69) is 0 Å². The molecule has 1 heterocycles. The van der Waals surface area contributed by atoms with Gasteiger partial charge in [0.2, 0.25) is 10.9 Å².